The lowest BCUT2D eigenvalue weighted by Crippen LogP contribution is -2.32. The Kier molecular flexibility index (Phi) is 2.84. The molecule has 1 unspecified atom stereocenters. The number of fused-ring (bicyclic) bond motifs is 1. The van der Waals surface area contributed by atoms with E-state index in [-0.39, 0.29) is 11.9 Å². The van der Waals surface area contributed by atoms with Crippen molar-refractivity contribution in [2.24, 2.45) is 0 Å². The monoisotopic (exact) mass is 256 g/mol. The van der Waals surface area contributed by atoms with Gasteiger partial charge in [-0.2, -0.15) is 12.6 Å². The molecule has 18 heavy (non-hydrogen) atoms. The highest BCUT2D eigenvalue weighted by atomic mass is 32.1. The van der Waals surface area contributed by atoms with Crippen molar-refractivity contribution in [2.75, 3.05) is 0 Å². The summed E-state index contributed by atoms with van der Waals surface area (Å²) in [6.07, 6.45) is -0.322. The molecule has 0 radical (unpaired) electrons. The number of ether oxygens (including phenoxy) is 1. The van der Waals surface area contributed by atoms with E-state index in [4.69, 9.17) is 4.74 Å². The maximum Gasteiger partial charge on any atom is 0.183 e. The molecule has 2 atom stereocenters. The Labute approximate surface area is 111 Å². The molecule has 2 aromatic rings. The van der Waals surface area contributed by atoms with Gasteiger partial charge >= 0.3 is 0 Å². The smallest absolute Gasteiger partial charge is 0.183 e. The molecular formula is C15H12O2S. The third kappa shape index (κ3) is 1.81. The zero-order chi connectivity index (χ0) is 12.5. The zero-order valence-electron chi connectivity index (χ0n) is 9.61. The Hall–Kier alpha value is -1.74. The molecule has 2 nitrogen and oxygen atoms in total. The molecule has 1 aliphatic rings. The summed E-state index contributed by atoms with van der Waals surface area (Å²) in [5.74, 6) is 0.663. The molecule has 0 amide bonds. The van der Waals surface area contributed by atoms with Gasteiger partial charge in [-0.05, 0) is 17.7 Å². The van der Waals surface area contributed by atoms with Gasteiger partial charge in [0.1, 0.15) is 17.1 Å². The number of hydrogen-bond acceptors (Lipinski definition) is 3. The number of para-hydroxylation sites is 1. The van der Waals surface area contributed by atoms with E-state index in [2.05, 4.69) is 12.6 Å². The van der Waals surface area contributed by atoms with Crippen LogP contribution in [0.1, 0.15) is 22.0 Å². The van der Waals surface area contributed by atoms with Crippen LogP contribution in [0.5, 0.6) is 5.75 Å². The number of thiol groups is 1. The molecule has 3 rings (SSSR count). The van der Waals surface area contributed by atoms with Gasteiger partial charge in [0.25, 0.3) is 0 Å². The molecule has 2 aromatic carbocycles. The van der Waals surface area contributed by atoms with Crippen LogP contribution in [0.25, 0.3) is 0 Å². The highest BCUT2D eigenvalue weighted by molar-refractivity contribution is 7.82. The van der Waals surface area contributed by atoms with Crippen LogP contribution >= 0.6 is 12.6 Å². The predicted octanol–water partition coefficient (Wildman–Crippen LogP) is 3.30. The Balaban J connectivity index is 2.04. The summed E-state index contributed by atoms with van der Waals surface area (Å²) >= 11 is 4.41. The third-order valence-corrected chi connectivity index (χ3v) is 3.60. The highest BCUT2D eigenvalue weighted by Gasteiger charge is 2.35. The molecule has 0 aliphatic carbocycles. The Morgan fingerprint density at radius 3 is 2.39 bits per heavy atom. The Morgan fingerprint density at radius 2 is 1.61 bits per heavy atom. The van der Waals surface area contributed by atoms with Crippen molar-refractivity contribution in [3.63, 3.8) is 0 Å². The molecule has 0 saturated carbocycles. The molecule has 1 heterocycles. The van der Waals surface area contributed by atoms with Crippen molar-refractivity contribution < 1.29 is 9.53 Å². The normalized spacial score (nSPS) is 22.2. The van der Waals surface area contributed by atoms with E-state index >= 15 is 0 Å². The zero-order valence-corrected chi connectivity index (χ0v) is 10.5. The molecule has 0 spiro atoms. The summed E-state index contributed by atoms with van der Waals surface area (Å²) in [5, 5.41) is -0.456. The fourth-order valence-electron chi connectivity index (χ4n) is 2.16. The van der Waals surface area contributed by atoms with Gasteiger partial charge in [-0.25, -0.2) is 0 Å². The minimum Gasteiger partial charge on any atom is -0.483 e. The molecule has 90 valence electrons. The number of ketones is 1. The fourth-order valence-corrected chi connectivity index (χ4v) is 2.54. The summed E-state index contributed by atoms with van der Waals surface area (Å²) in [6, 6.07) is 17.0. The molecule has 3 heteroatoms. The minimum absolute atomic E-state index is 0.0223. The predicted molar refractivity (Wildman–Crippen MR) is 73.4 cm³/mol. The molecular weight excluding hydrogens is 244 g/mol. The van der Waals surface area contributed by atoms with E-state index in [1.807, 2.05) is 48.5 Å². The summed E-state index contributed by atoms with van der Waals surface area (Å²) in [7, 11) is 0. The van der Waals surface area contributed by atoms with Crippen LogP contribution in [0.3, 0.4) is 0 Å². The number of benzene rings is 2. The summed E-state index contributed by atoms with van der Waals surface area (Å²) < 4.78 is 5.90. The van der Waals surface area contributed by atoms with Crippen LogP contribution in [0.4, 0.5) is 0 Å². The number of carbonyl (C=O) groups is 1. The van der Waals surface area contributed by atoms with Crippen molar-refractivity contribution in [3.8, 4) is 5.75 Å². The Bertz CT molecular complexity index is 580. The average Bonchev–Trinajstić information content (AvgIpc) is 2.44. The van der Waals surface area contributed by atoms with Gasteiger partial charge in [0.15, 0.2) is 5.78 Å². The van der Waals surface area contributed by atoms with E-state index in [0.29, 0.717) is 11.3 Å². The number of rotatable bonds is 1. The molecule has 0 fully saturated rings. The van der Waals surface area contributed by atoms with Crippen molar-refractivity contribution in [1.29, 1.82) is 0 Å². The SMILES string of the molecule is O=C1c2ccccc2O[C@@H](c2ccccc2)C1S. The van der Waals surface area contributed by atoms with Gasteiger partial charge in [-0.15, -0.1) is 0 Å². The van der Waals surface area contributed by atoms with Crippen LogP contribution < -0.4 is 4.74 Å². The van der Waals surface area contributed by atoms with E-state index in [1.165, 1.54) is 0 Å². The largest absolute Gasteiger partial charge is 0.483 e. The standard InChI is InChI=1S/C15H12O2S/c16-13-11-8-4-5-9-12(11)17-14(15(13)18)10-6-2-1-3-7-10/h1-9,14-15,18H/t14-,15?/m0/s1. The molecule has 0 N–H and O–H groups in total. The second-order valence-corrected chi connectivity index (χ2v) is 4.81. The third-order valence-electron chi connectivity index (χ3n) is 3.09. The lowest BCUT2D eigenvalue weighted by Gasteiger charge is -2.30. The first-order chi connectivity index (χ1) is 8.77. The van der Waals surface area contributed by atoms with Crippen molar-refractivity contribution >= 4 is 18.4 Å². The van der Waals surface area contributed by atoms with E-state index in [1.54, 1.807) is 6.07 Å². The number of carbonyl (C=O) groups excluding carboxylic acids is 1. The van der Waals surface area contributed by atoms with Gasteiger partial charge in [-0.1, -0.05) is 42.5 Å². The van der Waals surface area contributed by atoms with Crippen molar-refractivity contribution in [2.45, 2.75) is 11.4 Å². The van der Waals surface area contributed by atoms with E-state index in [9.17, 15) is 4.79 Å². The lowest BCUT2D eigenvalue weighted by molar-refractivity contribution is 0.0869. The molecule has 0 saturated heterocycles. The minimum atomic E-state index is -0.456. The van der Waals surface area contributed by atoms with Crippen LogP contribution in [-0.4, -0.2) is 11.0 Å². The van der Waals surface area contributed by atoms with Gasteiger partial charge in [0, 0.05) is 0 Å². The van der Waals surface area contributed by atoms with E-state index < -0.39 is 5.25 Å². The second kappa shape index (κ2) is 4.50. The first-order valence-corrected chi connectivity index (χ1v) is 6.32. The van der Waals surface area contributed by atoms with Crippen LogP contribution in [-0.2, 0) is 0 Å². The van der Waals surface area contributed by atoms with Gasteiger partial charge in [0.2, 0.25) is 0 Å². The fraction of sp³-hybridized carbons (Fsp3) is 0.133. The highest BCUT2D eigenvalue weighted by Crippen LogP contribution is 2.37. The summed E-state index contributed by atoms with van der Waals surface area (Å²) in [5.41, 5.74) is 1.59. The van der Waals surface area contributed by atoms with E-state index in [0.717, 1.165) is 5.56 Å². The van der Waals surface area contributed by atoms with Gasteiger partial charge < -0.3 is 4.74 Å². The van der Waals surface area contributed by atoms with Crippen LogP contribution in [0.15, 0.2) is 54.6 Å². The summed E-state index contributed by atoms with van der Waals surface area (Å²) in [6.45, 7) is 0. The topological polar surface area (TPSA) is 26.3 Å². The van der Waals surface area contributed by atoms with Crippen molar-refractivity contribution in [1.82, 2.24) is 0 Å². The molecule has 0 bridgehead atoms. The number of hydrogen-bond donors (Lipinski definition) is 1. The van der Waals surface area contributed by atoms with Crippen LogP contribution in [0, 0.1) is 0 Å². The quantitative estimate of drug-likeness (QED) is 0.792. The van der Waals surface area contributed by atoms with Gasteiger partial charge in [0.05, 0.1) is 5.56 Å². The maximum absolute atomic E-state index is 12.2. The Morgan fingerprint density at radius 1 is 0.944 bits per heavy atom. The average molecular weight is 256 g/mol. The first kappa shape index (κ1) is 11.4. The first-order valence-electron chi connectivity index (χ1n) is 5.80. The number of Topliss-reactive ketones (excluding diaryl/α,β-unsaturated/α-hetero) is 1. The lowest BCUT2D eigenvalue weighted by atomic mass is 9.96. The molecule has 1 aliphatic heterocycles. The van der Waals surface area contributed by atoms with Crippen LogP contribution in [0.2, 0.25) is 0 Å². The maximum atomic E-state index is 12.2. The van der Waals surface area contributed by atoms with Gasteiger partial charge in [-0.3, -0.25) is 4.79 Å². The van der Waals surface area contributed by atoms with Crippen molar-refractivity contribution in [3.05, 3.63) is 65.7 Å². The molecule has 0 aromatic heterocycles. The second-order valence-electron chi connectivity index (χ2n) is 4.25. The summed E-state index contributed by atoms with van der Waals surface area (Å²) in [4.78, 5) is 12.2.